The molecule has 3 aromatic rings. The Morgan fingerprint density at radius 3 is 2.93 bits per heavy atom. The van der Waals surface area contributed by atoms with E-state index in [1.807, 2.05) is 23.2 Å². The highest BCUT2D eigenvalue weighted by Crippen LogP contribution is 2.27. The lowest BCUT2D eigenvalue weighted by molar-refractivity contribution is -0.118. The van der Waals surface area contributed by atoms with E-state index in [0.717, 1.165) is 27.0 Å². The second-order valence-electron chi connectivity index (χ2n) is 5.26. The smallest absolute Gasteiger partial charge is 0.342 e. The minimum Gasteiger partial charge on any atom is -0.507 e. The van der Waals surface area contributed by atoms with E-state index in [1.54, 1.807) is 12.1 Å². The predicted octanol–water partition coefficient (Wildman–Crippen LogP) is 1.32. The van der Waals surface area contributed by atoms with E-state index in [9.17, 15) is 19.5 Å². The number of amides is 1. The van der Waals surface area contributed by atoms with Crippen molar-refractivity contribution in [2.45, 2.75) is 5.03 Å². The van der Waals surface area contributed by atoms with Crippen LogP contribution in [0.3, 0.4) is 0 Å². The van der Waals surface area contributed by atoms with Crippen LogP contribution in [0.4, 0.5) is 0 Å². The SMILES string of the molecule is O=C(CSc1n[nH]c(=O)[nH]c1=O)N/N=C/c1c(O)ccc2cc(Br)ccc12. The Hall–Kier alpha value is -2.92. The highest BCUT2D eigenvalue weighted by molar-refractivity contribution is 9.10. The molecule has 0 fully saturated rings. The minimum atomic E-state index is -0.722. The monoisotopic (exact) mass is 449 g/mol. The number of carbonyl (C=O) groups is 1. The largest absolute Gasteiger partial charge is 0.507 e. The molecule has 1 amide bonds. The van der Waals surface area contributed by atoms with Gasteiger partial charge in [0.1, 0.15) is 5.75 Å². The van der Waals surface area contributed by atoms with Crippen molar-refractivity contribution < 1.29 is 9.90 Å². The van der Waals surface area contributed by atoms with E-state index in [2.05, 4.69) is 36.7 Å². The molecule has 0 aliphatic rings. The number of hydrazone groups is 1. The summed E-state index contributed by atoms with van der Waals surface area (Å²) < 4.78 is 0.903. The van der Waals surface area contributed by atoms with Crippen LogP contribution in [0.1, 0.15) is 5.56 Å². The second-order valence-corrected chi connectivity index (χ2v) is 7.14. The number of aromatic amines is 2. The molecule has 0 saturated heterocycles. The lowest BCUT2D eigenvalue weighted by Crippen LogP contribution is -2.26. The lowest BCUT2D eigenvalue weighted by Gasteiger charge is -2.05. The summed E-state index contributed by atoms with van der Waals surface area (Å²) >= 11 is 4.24. The fourth-order valence-corrected chi connectivity index (χ4v) is 3.22. The maximum absolute atomic E-state index is 11.9. The number of carbonyl (C=O) groups excluding carboxylic acids is 1. The van der Waals surface area contributed by atoms with Gasteiger partial charge in [0.2, 0.25) is 5.91 Å². The molecule has 0 saturated carbocycles. The quantitative estimate of drug-likeness (QED) is 0.263. The van der Waals surface area contributed by atoms with Gasteiger partial charge in [0.25, 0.3) is 5.56 Å². The van der Waals surface area contributed by atoms with Crippen molar-refractivity contribution in [2.24, 2.45) is 5.10 Å². The molecule has 0 aliphatic carbocycles. The summed E-state index contributed by atoms with van der Waals surface area (Å²) in [5.74, 6) is -0.583. The first kappa shape index (κ1) is 18.9. The standard InChI is InChI=1S/C16H12BrN5O4S/c17-9-2-3-10-8(5-9)1-4-12(23)11(10)6-18-20-13(24)7-27-15-14(25)19-16(26)22-21-15/h1-6,23H,7H2,(H,20,24)(H2,19,22,25,26)/b18-6+. The molecule has 0 spiro atoms. The molecule has 2 aromatic carbocycles. The van der Waals surface area contributed by atoms with Crippen LogP contribution in [0.2, 0.25) is 0 Å². The van der Waals surface area contributed by atoms with Gasteiger partial charge in [-0.05, 0) is 29.0 Å². The molecular formula is C16H12BrN5O4S. The van der Waals surface area contributed by atoms with Crippen LogP contribution in [-0.2, 0) is 4.79 Å². The summed E-state index contributed by atoms with van der Waals surface area (Å²) in [5, 5.41) is 21.2. The number of rotatable bonds is 5. The van der Waals surface area contributed by atoms with Crippen LogP contribution in [-0.4, -0.2) is 38.2 Å². The minimum absolute atomic E-state index is 0.0289. The Kier molecular flexibility index (Phi) is 5.72. The summed E-state index contributed by atoms with van der Waals surface area (Å²) in [7, 11) is 0. The first-order valence-corrected chi connectivity index (χ1v) is 9.27. The topological polar surface area (TPSA) is 140 Å². The molecule has 11 heteroatoms. The van der Waals surface area contributed by atoms with Gasteiger partial charge in [-0.3, -0.25) is 14.6 Å². The molecule has 3 rings (SSSR count). The van der Waals surface area contributed by atoms with Gasteiger partial charge in [-0.25, -0.2) is 15.3 Å². The van der Waals surface area contributed by atoms with Crippen molar-refractivity contribution in [1.82, 2.24) is 20.6 Å². The Labute approximate surface area is 164 Å². The Morgan fingerprint density at radius 1 is 1.33 bits per heavy atom. The molecule has 0 atom stereocenters. The van der Waals surface area contributed by atoms with Gasteiger partial charge in [-0.15, -0.1) is 0 Å². The predicted molar refractivity (Wildman–Crippen MR) is 105 cm³/mol. The number of hydrogen-bond donors (Lipinski definition) is 4. The molecule has 1 aromatic heterocycles. The van der Waals surface area contributed by atoms with Crippen molar-refractivity contribution in [1.29, 1.82) is 0 Å². The number of nitrogens with one attached hydrogen (secondary N) is 3. The highest BCUT2D eigenvalue weighted by Gasteiger charge is 2.08. The molecule has 0 aliphatic heterocycles. The van der Waals surface area contributed by atoms with Crippen LogP contribution < -0.4 is 16.7 Å². The van der Waals surface area contributed by atoms with Crippen molar-refractivity contribution in [3.8, 4) is 5.75 Å². The van der Waals surface area contributed by atoms with Crippen molar-refractivity contribution in [3.63, 3.8) is 0 Å². The average molecular weight is 450 g/mol. The van der Waals surface area contributed by atoms with E-state index < -0.39 is 17.2 Å². The molecule has 9 nitrogen and oxygen atoms in total. The van der Waals surface area contributed by atoms with Gasteiger partial charge < -0.3 is 5.11 Å². The zero-order chi connectivity index (χ0) is 19.4. The van der Waals surface area contributed by atoms with Gasteiger partial charge >= 0.3 is 5.69 Å². The van der Waals surface area contributed by atoms with Crippen LogP contribution in [0, 0.1) is 0 Å². The van der Waals surface area contributed by atoms with Gasteiger partial charge in [0.05, 0.1) is 12.0 Å². The van der Waals surface area contributed by atoms with Gasteiger partial charge in [-0.2, -0.15) is 10.2 Å². The maximum atomic E-state index is 11.9. The number of hydrogen-bond acceptors (Lipinski definition) is 7. The highest BCUT2D eigenvalue weighted by atomic mass is 79.9. The number of benzene rings is 2. The van der Waals surface area contributed by atoms with Crippen LogP contribution in [0.5, 0.6) is 5.75 Å². The fraction of sp³-hybridized carbons (Fsp3) is 0.0625. The number of phenols is 1. The third-order valence-corrected chi connectivity index (χ3v) is 4.85. The number of fused-ring (bicyclic) bond motifs is 1. The lowest BCUT2D eigenvalue weighted by atomic mass is 10.0. The van der Waals surface area contributed by atoms with Crippen molar-refractivity contribution in [3.05, 3.63) is 61.2 Å². The molecule has 27 heavy (non-hydrogen) atoms. The Bertz CT molecular complexity index is 1160. The van der Waals surface area contributed by atoms with Crippen LogP contribution >= 0.6 is 27.7 Å². The normalized spacial score (nSPS) is 11.1. The zero-order valence-corrected chi connectivity index (χ0v) is 15.9. The first-order chi connectivity index (χ1) is 12.9. The van der Waals surface area contributed by atoms with Crippen LogP contribution in [0.25, 0.3) is 10.8 Å². The molecule has 1 heterocycles. The van der Waals surface area contributed by atoms with Gasteiger partial charge in [-0.1, -0.05) is 39.8 Å². The first-order valence-electron chi connectivity index (χ1n) is 7.49. The van der Waals surface area contributed by atoms with Crippen molar-refractivity contribution in [2.75, 3.05) is 5.75 Å². The molecule has 0 unspecified atom stereocenters. The number of nitrogens with zero attached hydrogens (tertiary/aromatic N) is 2. The Balaban J connectivity index is 1.67. The number of thioether (sulfide) groups is 1. The van der Waals surface area contributed by atoms with Gasteiger partial charge in [0, 0.05) is 10.0 Å². The summed E-state index contributed by atoms with van der Waals surface area (Å²) in [5.41, 5.74) is 1.38. The molecule has 0 bridgehead atoms. The van der Waals surface area contributed by atoms with E-state index in [0.29, 0.717) is 5.56 Å². The fourth-order valence-electron chi connectivity index (χ4n) is 2.22. The van der Waals surface area contributed by atoms with Gasteiger partial charge in [0.15, 0.2) is 5.03 Å². The van der Waals surface area contributed by atoms with E-state index in [4.69, 9.17) is 0 Å². The number of halogens is 1. The second kappa shape index (κ2) is 8.18. The van der Waals surface area contributed by atoms with E-state index in [1.165, 1.54) is 6.21 Å². The third-order valence-electron chi connectivity index (χ3n) is 3.40. The van der Waals surface area contributed by atoms with Crippen molar-refractivity contribution >= 4 is 50.6 Å². The number of aromatic nitrogens is 3. The van der Waals surface area contributed by atoms with E-state index in [-0.39, 0.29) is 16.5 Å². The average Bonchev–Trinajstić information content (AvgIpc) is 2.63. The number of H-pyrrole nitrogens is 2. The Morgan fingerprint density at radius 2 is 2.15 bits per heavy atom. The molecule has 138 valence electrons. The maximum Gasteiger partial charge on any atom is 0.342 e. The van der Waals surface area contributed by atoms with Crippen LogP contribution in [0.15, 0.2) is 54.5 Å². The molecule has 0 radical (unpaired) electrons. The molecular weight excluding hydrogens is 438 g/mol. The number of phenolic OH excluding ortho intramolecular Hbond substituents is 1. The third kappa shape index (κ3) is 4.63. The molecule has 4 N–H and O–H groups in total. The summed E-state index contributed by atoms with van der Waals surface area (Å²) in [6.45, 7) is 0. The number of aromatic hydroxyl groups is 1. The zero-order valence-electron chi connectivity index (χ0n) is 13.5. The summed E-state index contributed by atoms with van der Waals surface area (Å²) in [4.78, 5) is 36.2. The summed E-state index contributed by atoms with van der Waals surface area (Å²) in [6.07, 6.45) is 1.35. The summed E-state index contributed by atoms with van der Waals surface area (Å²) in [6, 6.07) is 8.88. The van der Waals surface area contributed by atoms with E-state index >= 15 is 0 Å².